The number of carbonyl (C=O) groups excluding carboxylic acids is 2. The van der Waals surface area contributed by atoms with Gasteiger partial charge >= 0.3 is 0 Å². The lowest BCUT2D eigenvalue weighted by Crippen LogP contribution is -2.21. The summed E-state index contributed by atoms with van der Waals surface area (Å²) in [5, 5.41) is 5.50. The Labute approximate surface area is 113 Å². The molecule has 0 atom stereocenters. The van der Waals surface area contributed by atoms with Crippen LogP contribution in [0, 0.1) is 0 Å². The van der Waals surface area contributed by atoms with E-state index in [-0.39, 0.29) is 11.8 Å². The first-order valence-electron chi connectivity index (χ1n) is 6.45. The Balaban J connectivity index is 2.48. The van der Waals surface area contributed by atoms with Crippen LogP contribution in [-0.4, -0.2) is 18.4 Å². The van der Waals surface area contributed by atoms with E-state index in [0.29, 0.717) is 6.54 Å². The van der Waals surface area contributed by atoms with Crippen molar-refractivity contribution in [1.82, 2.24) is 5.32 Å². The predicted molar refractivity (Wildman–Crippen MR) is 77.7 cm³/mol. The fourth-order valence-electron chi connectivity index (χ4n) is 1.50. The lowest BCUT2D eigenvalue weighted by molar-refractivity contribution is -0.116. The first-order valence-corrected chi connectivity index (χ1v) is 6.45. The van der Waals surface area contributed by atoms with Gasteiger partial charge in [0.1, 0.15) is 0 Å². The van der Waals surface area contributed by atoms with Gasteiger partial charge in [-0.15, -0.1) is 0 Å². The molecule has 1 aromatic rings. The van der Waals surface area contributed by atoms with E-state index in [0.717, 1.165) is 24.1 Å². The van der Waals surface area contributed by atoms with E-state index in [2.05, 4.69) is 17.6 Å². The van der Waals surface area contributed by atoms with Gasteiger partial charge in [0.05, 0.1) is 0 Å². The molecule has 0 saturated heterocycles. The molecule has 4 heteroatoms. The van der Waals surface area contributed by atoms with Crippen LogP contribution >= 0.6 is 0 Å². The average molecular weight is 260 g/mol. The van der Waals surface area contributed by atoms with Crippen molar-refractivity contribution >= 4 is 23.6 Å². The standard InChI is InChI=1S/C15H20N2O2/c1-3-4-11-16-15(19)10-7-13-5-8-14(9-6-13)17-12(2)18/h5-10H,3-4,11H2,1-2H3,(H,16,19)(H,17,18)/b10-7+. The predicted octanol–water partition coefficient (Wildman–Crippen LogP) is 2.57. The monoisotopic (exact) mass is 260 g/mol. The van der Waals surface area contributed by atoms with Gasteiger partial charge < -0.3 is 10.6 Å². The Kier molecular flexibility index (Phi) is 6.36. The van der Waals surface area contributed by atoms with Crippen LogP contribution in [0.2, 0.25) is 0 Å². The molecule has 0 fully saturated rings. The van der Waals surface area contributed by atoms with Gasteiger partial charge in [0.2, 0.25) is 11.8 Å². The molecule has 0 saturated carbocycles. The maximum absolute atomic E-state index is 11.4. The Morgan fingerprint density at radius 2 is 1.89 bits per heavy atom. The Bertz CT molecular complexity index is 450. The van der Waals surface area contributed by atoms with E-state index in [4.69, 9.17) is 0 Å². The second-order valence-electron chi connectivity index (χ2n) is 4.28. The third-order valence-electron chi connectivity index (χ3n) is 2.49. The van der Waals surface area contributed by atoms with Crippen LogP contribution in [0.25, 0.3) is 6.08 Å². The summed E-state index contributed by atoms with van der Waals surface area (Å²) in [6.07, 6.45) is 5.32. The lowest BCUT2D eigenvalue weighted by Gasteiger charge is -2.02. The number of benzene rings is 1. The molecule has 0 aromatic heterocycles. The van der Waals surface area contributed by atoms with Gasteiger partial charge in [0.15, 0.2) is 0 Å². The fraction of sp³-hybridized carbons (Fsp3) is 0.333. The number of anilines is 1. The highest BCUT2D eigenvalue weighted by Crippen LogP contribution is 2.10. The average Bonchev–Trinajstić information content (AvgIpc) is 2.37. The highest BCUT2D eigenvalue weighted by atomic mass is 16.2. The molecule has 0 unspecified atom stereocenters. The maximum Gasteiger partial charge on any atom is 0.243 e. The zero-order valence-electron chi connectivity index (χ0n) is 11.4. The third-order valence-corrected chi connectivity index (χ3v) is 2.49. The molecule has 2 N–H and O–H groups in total. The van der Waals surface area contributed by atoms with Crippen molar-refractivity contribution in [3.8, 4) is 0 Å². The molecule has 0 aliphatic carbocycles. The lowest BCUT2D eigenvalue weighted by atomic mass is 10.2. The zero-order valence-corrected chi connectivity index (χ0v) is 11.4. The molecule has 2 amide bonds. The highest BCUT2D eigenvalue weighted by Gasteiger charge is 1.96. The van der Waals surface area contributed by atoms with Crippen LogP contribution < -0.4 is 10.6 Å². The fourth-order valence-corrected chi connectivity index (χ4v) is 1.50. The smallest absolute Gasteiger partial charge is 0.243 e. The van der Waals surface area contributed by atoms with E-state index >= 15 is 0 Å². The number of hydrogen-bond acceptors (Lipinski definition) is 2. The number of hydrogen-bond donors (Lipinski definition) is 2. The van der Waals surface area contributed by atoms with E-state index in [1.54, 1.807) is 18.2 Å². The highest BCUT2D eigenvalue weighted by molar-refractivity contribution is 5.92. The van der Waals surface area contributed by atoms with Gasteiger partial charge in [0.25, 0.3) is 0 Å². The molecule has 0 bridgehead atoms. The van der Waals surface area contributed by atoms with Crippen LogP contribution in [-0.2, 0) is 9.59 Å². The number of nitrogens with one attached hydrogen (secondary N) is 2. The molecule has 1 rings (SSSR count). The minimum Gasteiger partial charge on any atom is -0.353 e. The molecule has 0 heterocycles. The van der Waals surface area contributed by atoms with E-state index < -0.39 is 0 Å². The van der Waals surface area contributed by atoms with Crippen molar-refractivity contribution < 1.29 is 9.59 Å². The van der Waals surface area contributed by atoms with Crippen LogP contribution in [0.15, 0.2) is 30.3 Å². The summed E-state index contributed by atoms with van der Waals surface area (Å²) >= 11 is 0. The molecule has 0 radical (unpaired) electrons. The normalized spacial score (nSPS) is 10.4. The summed E-state index contributed by atoms with van der Waals surface area (Å²) in [4.78, 5) is 22.3. The molecule has 0 aliphatic heterocycles. The number of rotatable bonds is 6. The minimum absolute atomic E-state index is 0.0839. The van der Waals surface area contributed by atoms with Crippen molar-refractivity contribution in [2.45, 2.75) is 26.7 Å². The second-order valence-corrected chi connectivity index (χ2v) is 4.28. The summed E-state index contributed by atoms with van der Waals surface area (Å²) in [6, 6.07) is 7.30. The van der Waals surface area contributed by atoms with E-state index in [1.165, 1.54) is 13.0 Å². The van der Waals surface area contributed by atoms with Gasteiger partial charge in [-0.2, -0.15) is 0 Å². The quantitative estimate of drug-likeness (QED) is 0.610. The van der Waals surface area contributed by atoms with Crippen molar-refractivity contribution in [2.75, 3.05) is 11.9 Å². The van der Waals surface area contributed by atoms with Crippen LogP contribution in [0.1, 0.15) is 32.3 Å². The summed E-state index contributed by atoms with van der Waals surface area (Å²) in [5.74, 6) is -0.182. The van der Waals surface area contributed by atoms with Gasteiger partial charge in [-0.3, -0.25) is 9.59 Å². The van der Waals surface area contributed by atoms with E-state index in [1.807, 2.05) is 12.1 Å². The molecule has 4 nitrogen and oxygen atoms in total. The number of amides is 2. The SMILES string of the molecule is CCCCNC(=O)/C=C/c1ccc(NC(C)=O)cc1. The molecule has 102 valence electrons. The topological polar surface area (TPSA) is 58.2 Å². The molecular weight excluding hydrogens is 240 g/mol. The largest absolute Gasteiger partial charge is 0.353 e. The van der Waals surface area contributed by atoms with Gasteiger partial charge in [-0.05, 0) is 30.2 Å². The molecular formula is C15H20N2O2. The van der Waals surface area contributed by atoms with Gasteiger partial charge in [-0.1, -0.05) is 25.5 Å². The van der Waals surface area contributed by atoms with Crippen molar-refractivity contribution in [1.29, 1.82) is 0 Å². The molecule has 19 heavy (non-hydrogen) atoms. The van der Waals surface area contributed by atoms with Crippen molar-refractivity contribution in [3.63, 3.8) is 0 Å². The van der Waals surface area contributed by atoms with Crippen molar-refractivity contribution in [2.24, 2.45) is 0 Å². The summed E-state index contributed by atoms with van der Waals surface area (Å²) in [7, 11) is 0. The van der Waals surface area contributed by atoms with Gasteiger partial charge in [-0.25, -0.2) is 0 Å². The third kappa shape index (κ3) is 6.41. The summed E-state index contributed by atoms with van der Waals surface area (Å²) in [5.41, 5.74) is 1.66. The first-order chi connectivity index (χ1) is 9.11. The molecule has 0 aliphatic rings. The van der Waals surface area contributed by atoms with Crippen LogP contribution in [0.3, 0.4) is 0 Å². The summed E-state index contributed by atoms with van der Waals surface area (Å²) < 4.78 is 0. The molecule has 1 aromatic carbocycles. The molecule has 0 spiro atoms. The zero-order chi connectivity index (χ0) is 14.1. The van der Waals surface area contributed by atoms with Crippen LogP contribution in [0.4, 0.5) is 5.69 Å². The number of unbranched alkanes of at least 4 members (excludes halogenated alkanes) is 1. The van der Waals surface area contributed by atoms with E-state index in [9.17, 15) is 9.59 Å². The second kappa shape index (κ2) is 8.08. The van der Waals surface area contributed by atoms with Gasteiger partial charge in [0, 0.05) is 25.2 Å². The Hall–Kier alpha value is -2.10. The Morgan fingerprint density at radius 3 is 2.47 bits per heavy atom. The Morgan fingerprint density at radius 1 is 1.21 bits per heavy atom. The minimum atomic E-state index is -0.0985. The maximum atomic E-state index is 11.4. The van der Waals surface area contributed by atoms with Crippen molar-refractivity contribution in [3.05, 3.63) is 35.9 Å². The number of carbonyl (C=O) groups is 2. The summed E-state index contributed by atoms with van der Waals surface area (Å²) in [6.45, 7) is 4.26. The first kappa shape index (κ1) is 15.0. The van der Waals surface area contributed by atoms with Crippen LogP contribution in [0.5, 0.6) is 0 Å².